The van der Waals surface area contributed by atoms with Gasteiger partial charge in [-0.3, -0.25) is 14.9 Å². The fourth-order valence-corrected chi connectivity index (χ4v) is 4.07. The second-order valence-corrected chi connectivity index (χ2v) is 7.40. The SMILES string of the molecule is CC(=O)Oc1ccccc1C(=O)Nc1nc(S(=O)c2ccccc2)cs1. The summed E-state index contributed by atoms with van der Waals surface area (Å²) in [5, 5.41) is 4.95. The van der Waals surface area contributed by atoms with Gasteiger partial charge in [0, 0.05) is 17.2 Å². The van der Waals surface area contributed by atoms with Crippen LogP contribution in [-0.2, 0) is 15.6 Å². The van der Waals surface area contributed by atoms with E-state index in [0.717, 1.165) is 0 Å². The second-order valence-electron chi connectivity index (χ2n) is 5.12. The number of anilines is 1. The number of benzene rings is 2. The maximum Gasteiger partial charge on any atom is 0.308 e. The zero-order valence-electron chi connectivity index (χ0n) is 13.7. The third-order valence-electron chi connectivity index (χ3n) is 3.24. The van der Waals surface area contributed by atoms with Gasteiger partial charge in [0.05, 0.1) is 5.56 Å². The average molecular weight is 386 g/mol. The Hall–Kier alpha value is -2.84. The molecule has 0 aliphatic rings. The molecule has 0 saturated heterocycles. The molecule has 8 heteroatoms. The Bertz CT molecular complexity index is 970. The molecule has 3 aromatic rings. The molecule has 6 nitrogen and oxygen atoms in total. The van der Waals surface area contributed by atoms with E-state index in [1.807, 2.05) is 6.07 Å². The van der Waals surface area contributed by atoms with E-state index in [1.54, 1.807) is 47.8 Å². The lowest BCUT2D eigenvalue weighted by molar-refractivity contribution is -0.131. The zero-order valence-corrected chi connectivity index (χ0v) is 15.3. The van der Waals surface area contributed by atoms with Crippen LogP contribution < -0.4 is 10.1 Å². The summed E-state index contributed by atoms with van der Waals surface area (Å²) in [4.78, 5) is 28.5. The summed E-state index contributed by atoms with van der Waals surface area (Å²) in [6.07, 6.45) is 0. The summed E-state index contributed by atoms with van der Waals surface area (Å²) < 4.78 is 17.5. The van der Waals surface area contributed by atoms with Gasteiger partial charge < -0.3 is 4.74 Å². The molecule has 0 radical (unpaired) electrons. The van der Waals surface area contributed by atoms with E-state index in [9.17, 15) is 13.8 Å². The lowest BCUT2D eigenvalue weighted by Crippen LogP contribution is -2.14. The molecule has 1 amide bonds. The number of nitrogens with zero attached hydrogens (tertiary/aromatic N) is 1. The van der Waals surface area contributed by atoms with Gasteiger partial charge in [-0.1, -0.05) is 30.3 Å². The highest BCUT2D eigenvalue weighted by atomic mass is 32.2. The van der Waals surface area contributed by atoms with Gasteiger partial charge in [0.1, 0.15) is 21.6 Å². The first-order valence-corrected chi connectivity index (χ1v) is 9.58. The zero-order chi connectivity index (χ0) is 18.5. The Morgan fingerprint density at radius 1 is 1.08 bits per heavy atom. The maximum absolute atomic E-state index is 12.5. The molecule has 0 bridgehead atoms. The highest BCUT2D eigenvalue weighted by Gasteiger charge is 2.17. The lowest BCUT2D eigenvalue weighted by Gasteiger charge is -2.07. The van der Waals surface area contributed by atoms with Gasteiger partial charge >= 0.3 is 5.97 Å². The summed E-state index contributed by atoms with van der Waals surface area (Å²) in [7, 11) is -1.42. The number of hydrogen-bond donors (Lipinski definition) is 1. The third-order valence-corrected chi connectivity index (χ3v) is 5.43. The van der Waals surface area contributed by atoms with Crippen molar-refractivity contribution < 1.29 is 18.5 Å². The van der Waals surface area contributed by atoms with Gasteiger partial charge in [-0.05, 0) is 24.3 Å². The van der Waals surface area contributed by atoms with Crippen molar-refractivity contribution in [1.29, 1.82) is 0 Å². The van der Waals surface area contributed by atoms with Crippen LogP contribution >= 0.6 is 11.3 Å². The van der Waals surface area contributed by atoms with Gasteiger partial charge in [-0.2, -0.15) is 0 Å². The second kappa shape index (κ2) is 8.03. The van der Waals surface area contributed by atoms with Crippen molar-refractivity contribution in [2.24, 2.45) is 0 Å². The van der Waals surface area contributed by atoms with Crippen LogP contribution in [0.2, 0.25) is 0 Å². The van der Waals surface area contributed by atoms with E-state index in [-0.39, 0.29) is 11.3 Å². The van der Waals surface area contributed by atoms with Crippen LogP contribution in [0.15, 0.2) is 69.9 Å². The molecule has 1 aromatic heterocycles. The number of ether oxygens (including phenoxy) is 1. The molecular formula is C18H14N2O4S2. The molecule has 1 heterocycles. The number of hydrogen-bond acceptors (Lipinski definition) is 6. The summed E-state index contributed by atoms with van der Waals surface area (Å²) >= 11 is 1.17. The topological polar surface area (TPSA) is 85.4 Å². The van der Waals surface area contributed by atoms with Crippen LogP contribution in [0.1, 0.15) is 17.3 Å². The Morgan fingerprint density at radius 2 is 1.77 bits per heavy atom. The number of carbonyl (C=O) groups is 2. The quantitative estimate of drug-likeness (QED) is 0.536. The number of amides is 1. The molecule has 1 atom stereocenters. The predicted molar refractivity (Wildman–Crippen MR) is 98.9 cm³/mol. The predicted octanol–water partition coefficient (Wildman–Crippen LogP) is 3.49. The van der Waals surface area contributed by atoms with Crippen molar-refractivity contribution in [2.45, 2.75) is 16.8 Å². The van der Waals surface area contributed by atoms with Crippen molar-refractivity contribution in [3.05, 3.63) is 65.5 Å². The highest BCUT2D eigenvalue weighted by molar-refractivity contribution is 7.85. The molecule has 2 aromatic carbocycles. The number of thiazole rings is 1. The van der Waals surface area contributed by atoms with E-state index in [1.165, 1.54) is 24.3 Å². The van der Waals surface area contributed by atoms with Gasteiger partial charge in [0.2, 0.25) is 0 Å². The average Bonchev–Trinajstić information content (AvgIpc) is 3.10. The van der Waals surface area contributed by atoms with Crippen molar-refractivity contribution in [2.75, 3.05) is 5.32 Å². The van der Waals surface area contributed by atoms with Crippen LogP contribution in [0.3, 0.4) is 0 Å². The van der Waals surface area contributed by atoms with Crippen molar-refractivity contribution in [1.82, 2.24) is 4.98 Å². The largest absolute Gasteiger partial charge is 0.426 e. The molecule has 0 aliphatic heterocycles. The van der Waals surface area contributed by atoms with Crippen molar-refractivity contribution in [3.63, 3.8) is 0 Å². The maximum atomic E-state index is 12.5. The summed E-state index contributed by atoms with van der Waals surface area (Å²) in [5.74, 6) is -0.810. The van der Waals surface area contributed by atoms with Crippen LogP contribution in [0.5, 0.6) is 5.75 Å². The van der Waals surface area contributed by atoms with E-state index in [2.05, 4.69) is 10.3 Å². The smallest absolute Gasteiger partial charge is 0.308 e. The molecular weight excluding hydrogens is 372 g/mol. The van der Waals surface area contributed by atoms with Gasteiger partial charge in [-0.25, -0.2) is 9.19 Å². The van der Waals surface area contributed by atoms with E-state index in [4.69, 9.17) is 4.74 Å². The highest BCUT2D eigenvalue weighted by Crippen LogP contribution is 2.24. The molecule has 0 spiro atoms. The van der Waals surface area contributed by atoms with Crippen LogP contribution in [0.4, 0.5) is 5.13 Å². The summed E-state index contributed by atoms with van der Waals surface area (Å²) in [6, 6.07) is 15.4. The first kappa shape index (κ1) is 18.0. The summed E-state index contributed by atoms with van der Waals surface area (Å²) in [6.45, 7) is 1.26. The van der Waals surface area contributed by atoms with Crippen molar-refractivity contribution >= 4 is 39.1 Å². The minimum absolute atomic E-state index is 0.169. The number of carbonyl (C=O) groups excluding carboxylic acids is 2. The fraction of sp³-hybridized carbons (Fsp3) is 0.0556. The molecule has 0 aliphatic carbocycles. The molecule has 1 unspecified atom stereocenters. The number of esters is 1. The molecule has 0 fully saturated rings. The minimum atomic E-state index is -1.42. The molecule has 0 saturated carbocycles. The molecule has 3 rings (SSSR count). The Morgan fingerprint density at radius 3 is 2.50 bits per heavy atom. The van der Waals surface area contributed by atoms with E-state index >= 15 is 0 Å². The standard InChI is InChI=1S/C18H14N2O4S2/c1-12(21)24-15-10-6-5-9-14(15)17(22)20-18-19-16(11-25-18)26(23)13-7-3-2-4-8-13/h2-11H,1H3,(H,19,20,22). The number of aromatic nitrogens is 1. The number of nitrogens with one attached hydrogen (secondary N) is 1. The minimum Gasteiger partial charge on any atom is -0.426 e. The summed E-state index contributed by atoms with van der Waals surface area (Å²) in [5.41, 5.74) is 0.212. The monoisotopic (exact) mass is 386 g/mol. The number of rotatable bonds is 5. The van der Waals surface area contributed by atoms with E-state index < -0.39 is 22.7 Å². The van der Waals surface area contributed by atoms with E-state index in [0.29, 0.717) is 15.1 Å². The third kappa shape index (κ3) is 4.22. The first-order valence-electron chi connectivity index (χ1n) is 7.56. The molecule has 26 heavy (non-hydrogen) atoms. The first-order chi connectivity index (χ1) is 12.5. The van der Waals surface area contributed by atoms with Gasteiger partial charge in [-0.15, -0.1) is 11.3 Å². The Balaban J connectivity index is 1.77. The molecule has 1 N–H and O–H groups in total. The Labute approximate surface area is 156 Å². The molecule has 132 valence electrons. The van der Waals surface area contributed by atoms with Gasteiger partial charge in [0.25, 0.3) is 5.91 Å². The van der Waals surface area contributed by atoms with Crippen LogP contribution in [-0.4, -0.2) is 21.1 Å². The lowest BCUT2D eigenvalue weighted by atomic mass is 10.2. The van der Waals surface area contributed by atoms with Crippen molar-refractivity contribution in [3.8, 4) is 5.75 Å². The Kier molecular flexibility index (Phi) is 5.55. The number of para-hydroxylation sites is 1. The normalized spacial score (nSPS) is 11.6. The van der Waals surface area contributed by atoms with Crippen LogP contribution in [0.25, 0.3) is 0 Å². The fourth-order valence-electron chi connectivity index (χ4n) is 2.13. The van der Waals surface area contributed by atoms with Crippen LogP contribution in [0, 0.1) is 0 Å². The van der Waals surface area contributed by atoms with Gasteiger partial charge in [0.15, 0.2) is 5.13 Å².